The van der Waals surface area contributed by atoms with Crippen LogP contribution >= 0.6 is 0 Å². The van der Waals surface area contributed by atoms with Crippen molar-refractivity contribution in [2.24, 2.45) is 17.1 Å². The summed E-state index contributed by atoms with van der Waals surface area (Å²) in [5, 5.41) is 9.59. The van der Waals surface area contributed by atoms with Crippen LogP contribution in [0.15, 0.2) is 0 Å². The Morgan fingerprint density at radius 1 is 1.58 bits per heavy atom. The van der Waals surface area contributed by atoms with Gasteiger partial charge in [-0.3, -0.25) is 0 Å². The highest BCUT2D eigenvalue weighted by Crippen LogP contribution is 2.39. The third kappa shape index (κ3) is 2.46. The minimum absolute atomic E-state index is 0.274. The zero-order valence-electron chi connectivity index (χ0n) is 8.21. The highest BCUT2D eigenvalue weighted by atomic mass is 16.3. The topological polar surface area (TPSA) is 46.2 Å². The summed E-state index contributed by atoms with van der Waals surface area (Å²) in [5.74, 6) is 0.443. The second-order valence-electron chi connectivity index (χ2n) is 4.82. The Labute approximate surface area is 75.2 Å². The van der Waals surface area contributed by atoms with Gasteiger partial charge in [-0.15, -0.1) is 0 Å². The standard InChI is InChI=1S/C10H21NO/c1-10(2)5-3-4-8(6-10)9(12)7-11/h8-9,12H,3-7,11H2,1-2H3/t8?,9-/m0/s1. The second-order valence-corrected chi connectivity index (χ2v) is 4.82. The van der Waals surface area contributed by atoms with E-state index >= 15 is 0 Å². The van der Waals surface area contributed by atoms with Crippen LogP contribution in [0.1, 0.15) is 39.5 Å². The van der Waals surface area contributed by atoms with Crippen molar-refractivity contribution in [3.8, 4) is 0 Å². The summed E-state index contributed by atoms with van der Waals surface area (Å²) in [5.41, 5.74) is 5.86. The molecule has 72 valence electrons. The molecule has 1 unspecified atom stereocenters. The molecule has 1 aliphatic carbocycles. The SMILES string of the molecule is CC1(C)CCCC([C@@H](O)CN)C1. The van der Waals surface area contributed by atoms with E-state index in [0.717, 1.165) is 12.8 Å². The third-order valence-electron chi connectivity index (χ3n) is 3.03. The predicted octanol–water partition coefficient (Wildman–Crippen LogP) is 1.52. The van der Waals surface area contributed by atoms with Gasteiger partial charge in [-0.2, -0.15) is 0 Å². The quantitative estimate of drug-likeness (QED) is 0.661. The molecule has 0 bridgehead atoms. The van der Waals surface area contributed by atoms with Gasteiger partial charge in [-0.1, -0.05) is 20.3 Å². The molecule has 0 aromatic carbocycles. The summed E-state index contributed by atoms with van der Waals surface area (Å²) in [6.07, 6.45) is 4.55. The fraction of sp³-hybridized carbons (Fsp3) is 1.00. The van der Waals surface area contributed by atoms with Crippen LogP contribution in [0.2, 0.25) is 0 Å². The minimum Gasteiger partial charge on any atom is -0.392 e. The van der Waals surface area contributed by atoms with E-state index in [2.05, 4.69) is 13.8 Å². The summed E-state index contributed by atoms with van der Waals surface area (Å²) in [6.45, 7) is 4.98. The van der Waals surface area contributed by atoms with Crippen LogP contribution in [0.3, 0.4) is 0 Å². The molecule has 2 nitrogen and oxygen atoms in total. The van der Waals surface area contributed by atoms with Crippen molar-refractivity contribution in [1.82, 2.24) is 0 Å². The van der Waals surface area contributed by atoms with Gasteiger partial charge < -0.3 is 10.8 Å². The molecule has 1 rings (SSSR count). The lowest BCUT2D eigenvalue weighted by molar-refractivity contribution is 0.0524. The first kappa shape index (κ1) is 10.0. The van der Waals surface area contributed by atoms with Crippen LogP contribution in [0.5, 0.6) is 0 Å². The van der Waals surface area contributed by atoms with Gasteiger partial charge in [0.2, 0.25) is 0 Å². The van der Waals surface area contributed by atoms with Crippen LogP contribution < -0.4 is 5.73 Å². The van der Waals surface area contributed by atoms with Gasteiger partial charge in [0.15, 0.2) is 0 Å². The van der Waals surface area contributed by atoms with Crippen molar-refractivity contribution in [3.63, 3.8) is 0 Å². The molecule has 0 aliphatic heterocycles. The normalized spacial score (nSPS) is 31.5. The van der Waals surface area contributed by atoms with Crippen molar-refractivity contribution in [1.29, 1.82) is 0 Å². The molecule has 1 aliphatic rings. The van der Waals surface area contributed by atoms with E-state index in [-0.39, 0.29) is 6.10 Å². The summed E-state index contributed by atoms with van der Waals surface area (Å²) < 4.78 is 0. The molecule has 0 amide bonds. The lowest BCUT2D eigenvalue weighted by atomic mass is 9.70. The highest BCUT2D eigenvalue weighted by molar-refractivity contribution is 4.83. The molecule has 1 saturated carbocycles. The largest absolute Gasteiger partial charge is 0.392 e. The Hall–Kier alpha value is -0.0800. The van der Waals surface area contributed by atoms with Gasteiger partial charge in [0.05, 0.1) is 6.10 Å². The van der Waals surface area contributed by atoms with Gasteiger partial charge in [0.25, 0.3) is 0 Å². The maximum atomic E-state index is 9.59. The first-order chi connectivity index (χ1) is 5.55. The van der Waals surface area contributed by atoms with E-state index in [4.69, 9.17) is 5.73 Å². The zero-order chi connectivity index (χ0) is 9.19. The molecule has 0 aromatic rings. The fourth-order valence-corrected chi connectivity index (χ4v) is 2.28. The number of hydrogen-bond acceptors (Lipinski definition) is 2. The smallest absolute Gasteiger partial charge is 0.0690 e. The average molecular weight is 171 g/mol. The van der Waals surface area contributed by atoms with Crippen LogP contribution in [0.25, 0.3) is 0 Å². The molecule has 2 heteroatoms. The Balaban J connectivity index is 2.46. The molecule has 0 radical (unpaired) electrons. The minimum atomic E-state index is -0.274. The molecular formula is C10H21NO. The molecule has 1 fully saturated rings. The Morgan fingerprint density at radius 3 is 2.75 bits per heavy atom. The van der Waals surface area contributed by atoms with Crippen molar-refractivity contribution < 1.29 is 5.11 Å². The maximum absolute atomic E-state index is 9.59. The van der Waals surface area contributed by atoms with Crippen molar-refractivity contribution in [3.05, 3.63) is 0 Å². The predicted molar refractivity (Wildman–Crippen MR) is 50.8 cm³/mol. The fourth-order valence-electron chi connectivity index (χ4n) is 2.28. The third-order valence-corrected chi connectivity index (χ3v) is 3.03. The number of nitrogens with two attached hydrogens (primary N) is 1. The van der Waals surface area contributed by atoms with E-state index in [1.165, 1.54) is 12.8 Å². The Kier molecular flexibility index (Phi) is 3.13. The van der Waals surface area contributed by atoms with E-state index in [1.54, 1.807) is 0 Å². The highest BCUT2D eigenvalue weighted by Gasteiger charge is 2.31. The lowest BCUT2D eigenvalue weighted by Gasteiger charge is -2.37. The molecule has 3 N–H and O–H groups in total. The van der Waals surface area contributed by atoms with Crippen molar-refractivity contribution in [2.75, 3.05) is 6.54 Å². The van der Waals surface area contributed by atoms with Gasteiger partial charge in [-0.25, -0.2) is 0 Å². The summed E-state index contributed by atoms with van der Waals surface area (Å²) in [6, 6.07) is 0. The van der Waals surface area contributed by atoms with Gasteiger partial charge in [0, 0.05) is 6.54 Å². The number of aliphatic hydroxyl groups is 1. The molecule has 2 atom stereocenters. The zero-order valence-corrected chi connectivity index (χ0v) is 8.21. The summed E-state index contributed by atoms with van der Waals surface area (Å²) in [7, 11) is 0. The first-order valence-electron chi connectivity index (χ1n) is 4.93. The summed E-state index contributed by atoms with van der Waals surface area (Å²) in [4.78, 5) is 0. The number of rotatable bonds is 2. The molecule has 0 spiro atoms. The second kappa shape index (κ2) is 3.75. The van der Waals surface area contributed by atoms with Crippen molar-refractivity contribution in [2.45, 2.75) is 45.6 Å². The molecule has 0 heterocycles. The van der Waals surface area contributed by atoms with Crippen LogP contribution in [0.4, 0.5) is 0 Å². The van der Waals surface area contributed by atoms with Crippen LogP contribution in [-0.4, -0.2) is 17.8 Å². The van der Waals surface area contributed by atoms with E-state index in [0.29, 0.717) is 17.9 Å². The first-order valence-corrected chi connectivity index (χ1v) is 4.93. The van der Waals surface area contributed by atoms with E-state index in [9.17, 15) is 5.11 Å². The number of hydrogen-bond donors (Lipinski definition) is 2. The maximum Gasteiger partial charge on any atom is 0.0690 e. The summed E-state index contributed by atoms with van der Waals surface area (Å²) >= 11 is 0. The lowest BCUT2D eigenvalue weighted by Crippen LogP contribution is -2.35. The van der Waals surface area contributed by atoms with Crippen LogP contribution in [-0.2, 0) is 0 Å². The molecule has 12 heavy (non-hydrogen) atoms. The average Bonchev–Trinajstić information content (AvgIpc) is 2.01. The van der Waals surface area contributed by atoms with Gasteiger partial charge >= 0.3 is 0 Å². The monoisotopic (exact) mass is 171 g/mol. The molecular weight excluding hydrogens is 150 g/mol. The molecule has 0 aromatic heterocycles. The Bertz CT molecular complexity index is 145. The van der Waals surface area contributed by atoms with Crippen molar-refractivity contribution >= 4 is 0 Å². The Morgan fingerprint density at radius 2 is 2.25 bits per heavy atom. The van der Waals surface area contributed by atoms with Gasteiger partial charge in [-0.05, 0) is 30.6 Å². The van der Waals surface area contributed by atoms with Crippen LogP contribution in [0, 0.1) is 11.3 Å². The van der Waals surface area contributed by atoms with Gasteiger partial charge in [0.1, 0.15) is 0 Å². The van der Waals surface area contributed by atoms with E-state index < -0.39 is 0 Å². The van der Waals surface area contributed by atoms with E-state index in [1.807, 2.05) is 0 Å². The molecule has 0 saturated heterocycles. The number of aliphatic hydroxyl groups excluding tert-OH is 1.